The van der Waals surface area contributed by atoms with Crippen LogP contribution in [0.4, 0.5) is 0 Å². The average Bonchev–Trinajstić information content (AvgIpc) is 2.39. The number of pyridine rings is 1. The number of nitrogens with two attached hydrogens (primary N) is 1. The molecule has 2 aromatic rings. The van der Waals surface area contributed by atoms with Crippen molar-refractivity contribution in [2.75, 3.05) is 0 Å². The number of nitrogens with zero attached hydrogens (tertiary/aromatic N) is 1. The van der Waals surface area contributed by atoms with Crippen LogP contribution >= 0.6 is 23.2 Å². The maximum atomic E-state index is 6.15. The molecule has 2 N–H and O–H groups in total. The van der Waals surface area contributed by atoms with E-state index in [0.717, 1.165) is 22.7 Å². The minimum absolute atomic E-state index is 0.0285. The van der Waals surface area contributed by atoms with E-state index in [0.29, 0.717) is 23.1 Å². The molecule has 1 unspecified atom stereocenters. The van der Waals surface area contributed by atoms with E-state index >= 15 is 0 Å². The fourth-order valence-electron chi connectivity index (χ4n) is 1.97. The van der Waals surface area contributed by atoms with Crippen LogP contribution in [0.5, 0.6) is 5.75 Å². The standard InChI is InChI=1S/C16H18Cl2N2O/c1-10(19)7-15-16(6-3-11(2)20-15)21-9-12-4-5-13(17)8-14(12)18/h3-6,8,10H,7,9,19H2,1-2H3. The molecule has 1 aromatic carbocycles. The molecular formula is C16H18Cl2N2O. The van der Waals surface area contributed by atoms with Crippen molar-refractivity contribution < 1.29 is 4.74 Å². The zero-order valence-electron chi connectivity index (χ0n) is 12.1. The van der Waals surface area contributed by atoms with E-state index in [1.54, 1.807) is 12.1 Å². The Kier molecular flexibility index (Phi) is 5.45. The van der Waals surface area contributed by atoms with E-state index in [2.05, 4.69) is 4.98 Å². The molecule has 2 rings (SSSR count). The van der Waals surface area contributed by atoms with Gasteiger partial charge in [0.15, 0.2) is 0 Å². The van der Waals surface area contributed by atoms with Gasteiger partial charge in [-0.2, -0.15) is 0 Å². The Labute approximate surface area is 135 Å². The second-order valence-corrected chi connectivity index (χ2v) is 5.95. The maximum absolute atomic E-state index is 6.15. The van der Waals surface area contributed by atoms with Crippen molar-refractivity contribution in [3.8, 4) is 5.75 Å². The van der Waals surface area contributed by atoms with E-state index in [1.165, 1.54) is 0 Å². The molecule has 0 aliphatic heterocycles. The monoisotopic (exact) mass is 324 g/mol. The van der Waals surface area contributed by atoms with E-state index < -0.39 is 0 Å². The molecule has 3 nitrogen and oxygen atoms in total. The number of aromatic nitrogens is 1. The Morgan fingerprint density at radius 3 is 2.67 bits per heavy atom. The smallest absolute Gasteiger partial charge is 0.141 e. The van der Waals surface area contributed by atoms with Crippen LogP contribution in [0, 0.1) is 6.92 Å². The second-order valence-electron chi connectivity index (χ2n) is 5.10. The summed E-state index contributed by atoms with van der Waals surface area (Å²) in [5, 5.41) is 1.20. The minimum Gasteiger partial charge on any atom is -0.487 e. The van der Waals surface area contributed by atoms with Crippen molar-refractivity contribution in [1.82, 2.24) is 4.98 Å². The predicted octanol–water partition coefficient (Wildman–Crippen LogP) is 4.17. The number of hydrogen-bond acceptors (Lipinski definition) is 3. The molecule has 0 saturated heterocycles. The lowest BCUT2D eigenvalue weighted by atomic mass is 10.1. The molecule has 0 fully saturated rings. The van der Waals surface area contributed by atoms with Crippen molar-refractivity contribution in [3.05, 3.63) is 57.3 Å². The van der Waals surface area contributed by atoms with Crippen molar-refractivity contribution in [3.63, 3.8) is 0 Å². The van der Waals surface area contributed by atoms with Crippen LogP contribution in [0.3, 0.4) is 0 Å². The van der Waals surface area contributed by atoms with Gasteiger partial charge >= 0.3 is 0 Å². The summed E-state index contributed by atoms with van der Waals surface area (Å²) in [6.07, 6.45) is 0.672. The second kappa shape index (κ2) is 7.12. The van der Waals surface area contributed by atoms with Crippen LogP contribution in [0.25, 0.3) is 0 Å². The summed E-state index contributed by atoms with van der Waals surface area (Å²) in [4.78, 5) is 4.50. The number of aryl methyl sites for hydroxylation is 1. The number of hydrogen-bond donors (Lipinski definition) is 1. The first-order valence-electron chi connectivity index (χ1n) is 6.74. The lowest BCUT2D eigenvalue weighted by Crippen LogP contribution is -2.19. The lowest BCUT2D eigenvalue weighted by Gasteiger charge is -2.13. The summed E-state index contributed by atoms with van der Waals surface area (Å²) >= 11 is 12.0. The van der Waals surface area contributed by atoms with Crippen molar-refractivity contribution in [2.24, 2.45) is 5.73 Å². The molecule has 0 saturated carbocycles. The molecule has 0 aliphatic rings. The van der Waals surface area contributed by atoms with E-state index in [1.807, 2.05) is 32.0 Å². The predicted molar refractivity (Wildman–Crippen MR) is 87.1 cm³/mol. The van der Waals surface area contributed by atoms with Crippen LogP contribution < -0.4 is 10.5 Å². The Hall–Kier alpha value is -1.29. The molecule has 21 heavy (non-hydrogen) atoms. The summed E-state index contributed by atoms with van der Waals surface area (Å²) in [6.45, 7) is 4.26. The number of rotatable bonds is 5. The minimum atomic E-state index is 0.0285. The Balaban J connectivity index is 2.15. The zero-order chi connectivity index (χ0) is 15.4. The van der Waals surface area contributed by atoms with Gasteiger partial charge in [-0.15, -0.1) is 0 Å². The van der Waals surface area contributed by atoms with Gasteiger partial charge in [0.05, 0.1) is 5.69 Å². The van der Waals surface area contributed by atoms with Crippen LogP contribution in [0.2, 0.25) is 10.0 Å². The van der Waals surface area contributed by atoms with Gasteiger partial charge in [0, 0.05) is 33.8 Å². The van der Waals surface area contributed by atoms with Gasteiger partial charge in [0.1, 0.15) is 12.4 Å². The summed E-state index contributed by atoms with van der Waals surface area (Å²) in [6, 6.07) is 9.23. The van der Waals surface area contributed by atoms with Gasteiger partial charge in [-0.05, 0) is 38.1 Å². The first-order valence-corrected chi connectivity index (χ1v) is 7.50. The van der Waals surface area contributed by atoms with E-state index in [4.69, 9.17) is 33.7 Å². The van der Waals surface area contributed by atoms with Gasteiger partial charge in [0.2, 0.25) is 0 Å². The highest BCUT2D eigenvalue weighted by Gasteiger charge is 2.10. The molecule has 0 radical (unpaired) electrons. The van der Waals surface area contributed by atoms with Gasteiger partial charge in [-0.3, -0.25) is 4.98 Å². The molecule has 0 aliphatic carbocycles. The summed E-state index contributed by atoms with van der Waals surface area (Å²) in [7, 11) is 0. The quantitative estimate of drug-likeness (QED) is 0.898. The third kappa shape index (κ3) is 4.60. The van der Waals surface area contributed by atoms with Gasteiger partial charge in [-0.25, -0.2) is 0 Å². The van der Waals surface area contributed by atoms with E-state index in [-0.39, 0.29) is 6.04 Å². The Bertz CT molecular complexity index is 630. The van der Waals surface area contributed by atoms with Gasteiger partial charge < -0.3 is 10.5 Å². The fourth-order valence-corrected chi connectivity index (χ4v) is 2.44. The highest BCUT2D eigenvalue weighted by molar-refractivity contribution is 6.35. The third-order valence-electron chi connectivity index (χ3n) is 2.99. The van der Waals surface area contributed by atoms with Crippen LogP contribution in [0.15, 0.2) is 30.3 Å². The summed E-state index contributed by atoms with van der Waals surface area (Å²) < 4.78 is 5.85. The van der Waals surface area contributed by atoms with Gasteiger partial charge in [-0.1, -0.05) is 29.3 Å². The molecule has 112 valence electrons. The van der Waals surface area contributed by atoms with Crippen LogP contribution in [-0.2, 0) is 13.0 Å². The first kappa shape index (κ1) is 16.1. The summed E-state index contributed by atoms with van der Waals surface area (Å²) in [5.74, 6) is 0.740. The lowest BCUT2D eigenvalue weighted by molar-refractivity contribution is 0.300. The van der Waals surface area contributed by atoms with Crippen molar-refractivity contribution in [1.29, 1.82) is 0 Å². The highest BCUT2D eigenvalue weighted by Crippen LogP contribution is 2.24. The molecule has 0 amide bonds. The average molecular weight is 325 g/mol. The number of halogens is 2. The molecular weight excluding hydrogens is 307 g/mol. The molecule has 5 heteroatoms. The van der Waals surface area contributed by atoms with Crippen molar-refractivity contribution in [2.45, 2.75) is 32.9 Å². The van der Waals surface area contributed by atoms with Gasteiger partial charge in [0.25, 0.3) is 0 Å². The highest BCUT2D eigenvalue weighted by atomic mass is 35.5. The maximum Gasteiger partial charge on any atom is 0.141 e. The topological polar surface area (TPSA) is 48.1 Å². The SMILES string of the molecule is Cc1ccc(OCc2ccc(Cl)cc2Cl)c(CC(C)N)n1. The molecule has 1 heterocycles. The largest absolute Gasteiger partial charge is 0.487 e. The Morgan fingerprint density at radius 1 is 1.24 bits per heavy atom. The molecule has 0 spiro atoms. The third-order valence-corrected chi connectivity index (χ3v) is 3.57. The summed E-state index contributed by atoms with van der Waals surface area (Å²) in [5.41, 5.74) is 8.56. The van der Waals surface area contributed by atoms with Crippen molar-refractivity contribution >= 4 is 23.2 Å². The fraction of sp³-hybridized carbons (Fsp3) is 0.312. The number of benzene rings is 1. The first-order chi connectivity index (χ1) is 9.95. The molecule has 0 bridgehead atoms. The molecule has 1 atom stereocenters. The van der Waals surface area contributed by atoms with Crippen LogP contribution in [0.1, 0.15) is 23.9 Å². The zero-order valence-corrected chi connectivity index (χ0v) is 13.6. The number of ether oxygens (including phenoxy) is 1. The van der Waals surface area contributed by atoms with Crippen LogP contribution in [-0.4, -0.2) is 11.0 Å². The Morgan fingerprint density at radius 2 is 2.00 bits per heavy atom. The normalized spacial score (nSPS) is 12.2. The molecule has 1 aromatic heterocycles. The van der Waals surface area contributed by atoms with E-state index in [9.17, 15) is 0 Å².